The molecule has 0 saturated carbocycles. The highest BCUT2D eigenvalue weighted by Gasteiger charge is 2.07. The van der Waals surface area contributed by atoms with E-state index in [0.717, 1.165) is 0 Å². The van der Waals surface area contributed by atoms with Crippen molar-refractivity contribution in [3.63, 3.8) is 0 Å². The smallest absolute Gasteiger partial charge is 0.0333 e. The summed E-state index contributed by atoms with van der Waals surface area (Å²) in [5, 5.41) is 0.342. The van der Waals surface area contributed by atoms with E-state index in [2.05, 4.69) is 20.8 Å². The van der Waals surface area contributed by atoms with Gasteiger partial charge in [0.1, 0.15) is 0 Å². The highest BCUT2D eigenvalue weighted by Crippen LogP contribution is 2.18. The molecule has 0 aromatic rings. The standard InChI is InChI=1S/C14H29Cl/c1-4-5-6-7-8-9-10-11-12-13(2)14(3)15/h13-14H,4-12H2,1-3H3. The molecule has 0 fully saturated rings. The lowest BCUT2D eigenvalue weighted by molar-refractivity contribution is 0.474. The topological polar surface area (TPSA) is 0 Å². The first-order chi connectivity index (χ1) is 7.18. The maximum absolute atomic E-state index is 6.03. The Morgan fingerprint density at radius 1 is 0.800 bits per heavy atom. The maximum Gasteiger partial charge on any atom is 0.0333 e. The summed E-state index contributed by atoms with van der Waals surface area (Å²) in [5.41, 5.74) is 0. The normalized spacial score (nSPS) is 15.2. The van der Waals surface area contributed by atoms with Crippen LogP contribution in [0.4, 0.5) is 0 Å². The van der Waals surface area contributed by atoms with Gasteiger partial charge in [-0.15, -0.1) is 11.6 Å². The molecule has 0 bridgehead atoms. The molecule has 0 amide bonds. The Hall–Kier alpha value is 0.290. The SMILES string of the molecule is CCCCCCCCCCC(C)C(C)Cl. The molecular weight excluding hydrogens is 204 g/mol. The molecule has 2 unspecified atom stereocenters. The molecule has 0 heterocycles. The van der Waals surface area contributed by atoms with Crippen molar-refractivity contribution in [3.05, 3.63) is 0 Å². The van der Waals surface area contributed by atoms with Crippen LogP contribution in [0.15, 0.2) is 0 Å². The van der Waals surface area contributed by atoms with Crippen LogP contribution in [-0.4, -0.2) is 5.38 Å². The molecule has 0 rings (SSSR count). The molecular formula is C14H29Cl. The summed E-state index contributed by atoms with van der Waals surface area (Å²) >= 11 is 6.03. The third-order valence-corrected chi connectivity index (χ3v) is 3.73. The molecule has 92 valence electrons. The minimum absolute atomic E-state index is 0.342. The average Bonchev–Trinajstić information content (AvgIpc) is 2.21. The van der Waals surface area contributed by atoms with Gasteiger partial charge in [0, 0.05) is 5.38 Å². The van der Waals surface area contributed by atoms with Crippen molar-refractivity contribution in [2.75, 3.05) is 0 Å². The number of alkyl halides is 1. The van der Waals surface area contributed by atoms with E-state index in [4.69, 9.17) is 11.6 Å². The summed E-state index contributed by atoms with van der Waals surface area (Å²) in [4.78, 5) is 0. The minimum Gasteiger partial charge on any atom is -0.123 e. The molecule has 0 aromatic carbocycles. The second-order valence-electron chi connectivity index (χ2n) is 4.92. The van der Waals surface area contributed by atoms with Gasteiger partial charge in [-0.2, -0.15) is 0 Å². The highest BCUT2D eigenvalue weighted by atomic mass is 35.5. The van der Waals surface area contributed by atoms with Crippen LogP contribution >= 0.6 is 11.6 Å². The van der Waals surface area contributed by atoms with Crippen LogP contribution in [0.25, 0.3) is 0 Å². The van der Waals surface area contributed by atoms with E-state index in [1.165, 1.54) is 57.8 Å². The van der Waals surface area contributed by atoms with Crippen LogP contribution in [-0.2, 0) is 0 Å². The van der Waals surface area contributed by atoms with Gasteiger partial charge < -0.3 is 0 Å². The molecule has 0 aliphatic rings. The fraction of sp³-hybridized carbons (Fsp3) is 1.00. The number of hydrogen-bond donors (Lipinski definition) is 0. The molecule has 0 aliphatic carbocycles. The summed E-state index contributed by atoms with van der Waals surface area (Å²) in [6.45, 7) is 6.64. The zero-order valence-electron chi connectivity index (χ0n) is 10.9. The summed E-state index contributed by atoms with van der Waals surface area (Å²) in [7, 11) is 0. The van der Waals surface area contributed by atoms with E-state index in [0.29, 0.717) is 11.3 Å². The van der Waals surface area contributed by atoms with Crippen molar-refractivity contribution in [2.24, 2.45) is 5.92 Å². The molecule has 0 aliphatic heterocycles. The van der Waals surface area contributed by atoms with Gasteiger partial charge in [0.2, 0.25) is 0 Å². The minimum atomic E-state index is 0.342. The van der Waals surface area contributed by atoms with Gasteiger partial charge in [-0.3, -0.25) is 0 Å². The van der Waals surface area contributed by atoms with Crippen molar-refractivity contribution in [3.8, 4) is 0 Å². The van der Waals surface area contributed by atoms with Crippen LogP contribution in [0.2, 0.25) is 0 Å². The van der Waals surface area contributed by atoms with Gasteiger partial charge in [-0.05, 0) is 19.3 Å². The lowest BCUT2D eigenvalue weighted by Crippen LogP contribution is -2.06. The van der Waals surface area contributed by atoms with Gasteiger partial charge in [0.15, 0.2) is 0 Å². The first kappa shape index (κ1) is 15.3. The summed E-state index contributed by atoms with van der Waals surface area (Å²) in [5.74, 6) is 0.687. The van der Waals surface area contributed by atoms with Crippen LogP contribution < -0.4 is 0 Å². The predicted molar refractivity (Wildman–Crippen MR) is 71.7 cm³/mol. The van der Waals surface area contributed by atoms with Crippen molar-refractivity contribution in [1.29, 1.82) is 0 Å². The van der Waals surface area contributed by atoms with E-state index in [1.54, 1.807) is 0 Å². The molecule has 0 N–H and O–H groups in total. The van der Waals surface area contributed by atoms with Gasteiger partial charge >= 0.3 is 0 Å². The fourth-order valence-corrected chi connectivity index (χ4v) is 1.96. The molecule has 15 heavy (non-hydrogen) atoms. The fourth-order valence-electron chi connectivity index (χ4n) is 1.83. The van der Waals surface area contributed by atoms with Crippen LogP contribution in [0.1, 0.15) is 78.6 Å². The molecule has 0 radical (unpaired) electrons. The quantitative estimate of drug-likeness (QED) is 0.331. The van der Waals surface area contributed by atoms with Crippen LogP contribution in [0.5, 0.6) is 0 Å². The Labute approximate surface area is 102 Å². The number of halogens is 1. The first-order valence-corrected chi connectivity index (χ1v) is 7.26. The highest BCUT2D eigenvalue weighted by molar-refractivity contribution is 6.20. The Kier molecular flexibility index (Phi) is 11.0. The Morgan fingerprint density at radius 3 is 1.73 bits per heavy atom. The molecule has 0 nitrogen and oxygen atoms in total. The Bertz CT molecular complexity index is 121. The molecule has 0 spiro atoms. The van der Waals surface area contributed by atoms with E-state index in [9.17, 15) is 0 Å². The largest absolute Gasteiger partial charge is 0.123 e. The molecule has 0 saturated heterocycles. The lowest BCUT2D eigenvalue weighted by Gasteiger charge is -2.12. The van der Waals surface area contributed by atoms with Crippen LogP contribution in [0.3, 0.4) is 0 Å². The number of unbranched alkanes of at least 4 members (excludes halogenated alkanes) is 7. The average molecular weight is 233 g/mol. The van der Waals surface area contributed by atoms with Gasteiger partial charge in [-0.1, -0.05) is 65.2 Å². The first-order valence-electron chi connectivity index (χ1n) is 6.82. The summed E-state index contributed by atoms with van der Waals surface area (Å²) < 4.78 is 0. The lowest BCUT2D eigenvalue weighted by atomic mass is 9.99. The third-order valence-electron chi connectivity index (χ3n) is 3.30. The van der Waals surface area contributed by atoms with Gasteiger partial charge in [0.25, 0.3) is 0 Å². The van der Waals surface area contributed by atoms with Crippen LogP contribution in [0, 0.1) is 5.92 Å². The van der Waals surface area contributed by atoms with Gasteiger partial charge in [0.05, 0.1) is 0 Å². The molecule has 0 aromatic heterocycles. The molecule has 1 heteroatoms. The summed E-state index contributed by atoms with van der Waals surface area (Å²) in [6, 6.07) is 0. The maximum atomic E-state index is 6.03. The second kappa shape index (κ2) is 10.8. The van der Waals surface area contributed by atoms with E-state index in [-0.39, 0.29) is 0 Å². The van der Waals surface area contributed by atoms with Crippen molar-refractivity contribution < 1.29 is 0 Å². The van der Waals surface area contributed by atoms with Crippen molar-refractivity contribution in [1.82, 2.24) is 0 Å². The van der Waals surface area contributed by atoms with Crippen molar-refractivity contribution >= 4 is 11.6 Å². The Morgan fingerprint density at radius 2 is 1.27 bits per heavy atom. The number of hydrogen-bond acceptors (Lipinski definition) is 0. The van der Waals surface area contributed by atoms with E-state index >= 15 is 0 Å². The number of rotatable bonds is 10. The second-order valence-corrected chi connectivity index (χ2v) is 5.61. The Balaban J connectivity index is 3.05. The van der Waals surface area contributed by atoms with E-state index in [1.807, 2.05) is 0 Å². The zero-order chi connectivity index (χ0) is 11.5. The monoisotopic (exact) mass is 232 g/mol. The summed E-state index contributed by atoms with van der Waals surface area (Å²) in [6.07, 6.45) is 12.6. The predicted octanol–water partition coefficient (Wildman–Crippen LogP) is 5.78. The zero-order valence-corrected chi connectivity index (χ0v) is 11.7. The molecule has 2 atom stereocenters. The van der Waals surface area contributed by atoms with Gasteiger partial charge in [-0.25, -0.2) is 0 Å². The van der Waals surface area contributed by atoms with E-state index < -0.39 is 0 Å². The van der Waals surface area contributed by atoms with Crippen molar-refractivity contribution in [2.45, 2.75) is 83.9 Å². The third kappa shape index (κ3) is 10.6.